The fraction of sp³-hybridized carbons (Fsp3) is 0.0714. The number of rotatable bonds is 3. The van der Waals surface area contributed by atoms with Crippen LogP contribution in [-0.2, 0) is 21.1 Å². The van der Waals surface area contributed by atoms with Crippen LogP contribution in [0.25, 0.3) is 54.9 Å². The summed E-state index contributed by atoms with van der Waals surface area (Å²) in [5, 5.41) is 4.28. The Morgan fingerprint density at radius 3 is 2.18 bits per heavy atom. The molecule has 0 aliphatic carbocycles. The fourth-order valence-electron chi connectivity index (χ4n) is 7.78. The molecule has 0 amide bonds. The van der Waals surface area contributed by atoms with E-state index >= 15 is 0 Å². The van der Waals surface area contributed by atoms with Crippen LogP contribution in [0.5, 0.6) is 0 Å². The Kier molecular flexibility index (Phi) is 6.69. The topological polar surface area (TPSA) is 41.6 Å². The van der Waals surface area contributed by atoms with Crippen molar-refractivity contribution >= 4 is 72.0 Å². The van der Waals surface area contributed by atoms with Crippen LogP contribution in [0.4, 0.5) is 22.7 Å². The summed E-state index contributed by atoms with van der Waals surface area (Å²) in [5.74, 6) is 0. The van der Waals surface area contributed by atoms with Crippen LogP contribution in [0.2, 0.25) is 0 Å². The summed E-state index contributed by atoms with van der Waals surface area (Å²) >= 11 is 0. The number of hydrogen-bond donors (Lipinski definition) is 0. The molecule has 1 aliphatic heterocycles. The molecule has 0 N–H and O–H groups in total. The minimum Gasteiger partial charge on any atom is -0.493 e. The first-order chi connectivity index (χ1) is 23.5. The Morgan fingerprint density at radius 2 is 1.35 bits per heavy atom. The Labute approximate surface area is 298 Å². The Balaban J connectivity index is 0.00000325. The van der Waals surface area contributed by atoms with Crippen LogP contribution in [0.15, 0.2) is 116 Å². The predicted octanol–water partition coefficient (Wildman–Crippen LogP) is 10.1. The third-order valence-electron chi connectivity index (χ3n) is 9.67. The van der Waals surface area contributed by atoms with Crippen molar-refractivity contribution in [3.63, 3.8) is 0 Å². The average Bonchev–Trinajstić information content (AvgIpc) is 3.83. The molecule has 49 heavy (non-hydrogen) atoms. The molecular formula is C42H29N6Pt-3. The zero-order valence-electron chi connectivity index (χ0n) is 27.0. The van der Waals surface area contributed by atoms with E-state index in [1.807, 2.05) is 24.7 Å². The quantitative estimate of drug-likeness (QED) is 0.132. The van der Waals surface area contributed by atoms with Crippen molar-refractivity contribution in [2.75, 3.05) is 9.80 Å². The maximum absolute atomic E-state index is 4.75. The normalized spacial score (nSPS) is 12.9. The predicted molar refractivity (Wildman–Crippen MR) is 196 cm³/mol. The van der Waals surface area contributed by atoms with E-state index in [1.165, 1.54) is 27.8 Å². The molecule has 10 rings (SSSR count). The zero-order chi connectivity index (χ0) is 32.1. The summed E-state index contributed by atoms with van der Waals surface area (Å²) in [6, 6.07) is 42.1. The van der Waals surface area contributed by atoms with Crippen LogP contribution in [-0.4, -0.2) is 18.9 Å². The summed E-state index contributed by atoms with van der Waals surface area (Å²) in [5.41, 5.74) is 14.1. The van der Waals surface area contributed by atoms with Gasteiger partial charge in [-0.1, -0.05) is 64.3 Å². The molecule has 0 saturated carbocycles. The van der Waals surface area contributed by atoms with E-state index in [2.05, 4.69) is 149 Å². The van der Waals surface area contributed by atoms with Gasteiger partial charge in [-0.25, -0.2) is 0 Å². The van der Waals surface area contributed by atoms with E-state index in [0.717, 1.165) is 66.6 Å². The number of aromatic nitrogens is 4. The molecule has 0 fully saturated rings. The molecule has 0 atom stereocenters. The summed E-state index contributed by atoms with van der Waals surface area (Å²) in [6.07, 6.45) is 5.68. The summed E-state index contributed by atoms with van der Waals surface area (Å²) in [7, 11) is 0. The zero-order valence-corrected chi connectivity index (χ0v) is 29.3. The molecule has 9 aromatic rings. The maximum atomic E-state index is 4.75. The van der Waals surface area contributed by atoms with Crippen molar-refractivity contribution in [2.24, 2.45) is 0 Å². The molecule has 4 aromatic heterocycles. The Hall–Kier alpha value is -5.45. The smallest absolute Gasteiger partial charge is 0.0610 e. The molecule has 0 spiro atoms. The largest absolute Gasteiger partial charge is 0.493 e. The molecule has 240 valence electrons. The number of anilines is 4. The fourth-order valence-corrected chi connectivity index (χ4v) is 7.78. The summed E-state index contributed by atoms with van der Waals surface area (Å²) in [6.45, 7) is 8.75. The first-order valence-corrected chi connectivity index (χ1v) is 16.2. The molecular weight excluding hydrogens is 784 g/mol. The van der Waals surface area contributed by atoms with E-state index in [0.29, 0.717) is 0 Å². The molecule has 7 heteroatoms. The van der Waals surface area contributed by atoms with Crippen molar-refractivity contribution in [3.8, 4) is 5.69 Å². The number of nitrogens with zero attached hydrogens (tertiary/aromatic N) is 6. The van der Waals surface area contributed by atoms with Gasteiger partial charge < -0.3 is 18.8 Å². The Bertz CT molecular complexity index is 2750. The van der Waals surface area contributed by atoms with Gasteiger partial charge in [0.25, 0.3) is 0 Å². The number of para-hydroxylation sites is 3. The first-order valence-electron chi connectivity index (χ1n) is 16.2. The minimum absolute atomic E-state index is 0. The van der Waals surface area contributed by atoms with Gasteiger partial charge in [0.2, 0.25) is 0 Å². The van der Waals surface area contributed by atoms with E-state index in [1.54, 1.807) is 0 Å². The van der Waals surface area contributed by atoms with Gasteiger partial charge in [-0.15, -0.1) is 48.1 Å². The van der Waals surface area contributed by atoms with Gasteiger partial charge in [0.1, 0.15) is 0 Å². The monoisotopic (exact) mass is 812 g/mol. The molecule has 0 bridgehead atoms. The van der Waals surface area contributed by atoms with Crippen LogP contribution in [0.1, 0.15) is 16.7 Å². The standard InChI is InChI=1S/C42H29N6.Pt/c1-26-21-27(2)41(28(3)22-26)47-25-46(36-11-6-7-12-37(36)47)29-14-16-32-31-9-4-5-10-35(31)48(39(32)24-29)30-15-17-33-34(23-30)42-44-19-20-45(42)38-13-8-18-43-40(33)38;/h4-22,25H,1-3H3;/q-3;. The maximum Gasteiger partial charge on any atom is 0.0610 e. The van der Waals surface area contributed by atoms with E-state index < -0.39 is 0 Å². The second kappa shape index (κ2) is 11.0. The van der Waals surface area contributed by atoms with Crippen LogP contribution in [0.3, 0.4) is 0 Å². The molecule has 0 unspecified atom stereocenters. The van der Waals surface area contributed by atoms with E-state index in [9.17, 15) is 0 Å². The number of imidazole rings is 1. The van der Waals surface area contributed by atoms with Gasteiger partial charge in [0.05, 0.1) is 16.7 Å². The van der Waals surface area contributed by atoms with Crippen molar-refractivity contribution < 1.29 is 21.1 Å². The van der Waals surface area contributed by atoms with Gasteiger partial charge >= 0.3 is 0 Å². The molecule has 0 radical (unpaired) electrons. The van der Waals surface area contributed by atoms with Gasteiger partial charge in [0, 0.05) is 62.2 Å². The summed E-state index contributed by atoms with van der Waals surface area (Å²) < 4.78 is 4.38. The van der Waals surface area contributed by atoms with Crippen LogP contribution >= 0.6 is 0 Å². The number of hydrogen-bond acceptors (Lipinski definition) is 4. The van der Waals surface area contributed by atoms with Crippen molar-refractivity contribution in [2.45, 2.75) is 20.8 Å². The van der Waals surface area contributed by atoms with Gasteiger partial charge in [-0.05, 0) is 73.3 Å². The molecule has 1 aliphatic rings. The van der Waals surface area contributed by atoms with Crippen LogP contribution in [0, 0.1) is 39.6 Å². The van der Waals surface area contributed by atoms with Gasteiger partial charge in [-0.3, -0.25) is 9.97 Å². The molecule has 5 aromatic carbocycles. The molecule has 6 nitrogen and oxygen atoms in total. The third-order valence-corrected chi connectivity index (χ3v) is 9.67. The molecule has 5 heterocycles. The third kappa shape index (κ3) is 4.30. The summed E-state index contributed by atoms with van der Waals surface area (Å²) in [4.78, 5) is 14.1. The minimum atomic E-state index is 0. The van der Waals surface area contributed by atoms with E-state index in [4.69, 9.17) is 9.97 Å². The second-order valence-electron chi connectivity index (χ2n) is 12.7. The SMILES string of the molecule is Cc1cc(C)c(N2[CH-]N(c3[c-]c4c(cc3)c3ccccc3n4-c3[c-]c4c(cc3)c3ncccc3n3ccnc43)c3ccccc32)c(C)c1.[Pt]. The first kappa shape index (κ1) is 29.7. The van der Waals surface area contributed by atoms with Gasteiger partial charge in [-0.2, -0.15) is 6.07 Å². The average molecular weight is 813 g/mol. The second-order valence-corrected chi connectivity index (χ2v) is 12.7. The number of aryl methyl sites for hydroxylation is 3. The van der Waals surface area contributed by atoms with Crippen molar-refractivity contribution in [1.29, 1.82) is 0 Å². The number of pyridine rings is 2. The van der Waals surface area contributed by atoms with Crippen LogP contribution < -0.4 is 9.80 Å². The number of fused-ring (bicyclic) bond motifs is 10. The van der Waals surface area contributed by atoms with Gasteiger partial charge in [0.15, 0.2) is 0 Å². The molecule has 0 saturated heterocycles. The van der Waals surface area contributed by atoms with Crippen molar-refractivity contribution in [3.05, 3.63) is 151 Å². The Morgan fingerprint density at radius 1 is 0.633 bits per heavy atom. The number of benzene rings is 5. The van der Waals surface area contributed by atoms with E-state index in [-0.39, 0.29) is 21.1 Å². The van der Waals surface area contributed by atoms with Crippen molar-refractivity contribution in [1.82, 2.24) is 18.9 Å².